The fourth-order valence-electron chi connectivity index (χ4n) is 4.89. The lowest BCUT2D eigenvalue weighted by atomic mass is 9.91. The van der Waals surface area contributed by atoms with E-state index in [4.69, 9.17) is 21.6 Å². The monoisotopic (exact) mass is 570 g/mol. The first kappa shape index (κ1) is 27.9. The highest BCUT2D eigenvalue weighted by Crippen LogP contribution is 2.31. The number of rotatable bonds is 7. The third-order valence-corrected chi connectivity index (χ3v) is 7.78. The first-order chi connectivity index (χ1) is 19.1. The van der Waals surface area contributed by atoms with Crippen LogP contribution < -0.4 is 10.6 Å². The summed E-state index contributed by atoms with van der Waals surface area (Å²) < 4.78 is 40.2. The van der Waals surface area contributed by atoms with Crippen LogP contribution in [-0.4, -0.2) is 37.7 Å². The minimum Gasteiger partial charge on any atom is -0.367 e. The van der Waals surface area contributed by atoms with Crippen molar-refractivity contribution in [2.75, 3.05) is 5.32 Å². The van der Waals surface area contributed by atoms with Gasteiger partial charge in [-0.1, -0.05) is 37.6 Å². The van der Waals surface area contributed by atoms with Gasteiger partial charge in [-0.2, -0.15) is 18.3 Å². The smallest absolute Gasteiger partial charge is 0.367 e. The van der Waals surface area contributed by atoms with Crippen LogP contribution in [0.5, 0.6) is 0 Å². The number of benzene rings is 2. The fraction of sp³-hybridized carbons (Fsp3) is 0.379. The Kier molecular flexibility index (Phi) is 7.98. The summed E-state index contributed by atoms with van der Waals surface area (Å²) in [4.78, 5) is 22.3. The number of amides is 1. The molecule has 210 valence electrons. The van der Waals surface area contributed by atoms with Crippen molar-refractivity contribution in [2.45, 2.75) is 70.1 Å². The molecule has 0 bridgehead atoms. The lowest BCUT2D eigenvalue weighted by Gasteiger charge is -2.30. The third-order valence-electron chi connectivity index (χ3n) is 7.46. The normalized spacial score (nSPS) is 18.4. The molecule has 0 aliphatic heterocycles. The zero-order chi connectivity index (χ0) is 28.4. The van der Waals surface area contributed by atoms with Crippen molar-refractivity contribution >= 4 is 34.4 Å². The first-order valence-electron chi connectivity index (χ1n) is 13.4. The van der Waals surface area contributed by atoms with E-state index in [1.54, 1.807) is 10.9 Å². The van der Waals surface area contributed by atoms with E-state index in [1.807, 2.05) is 24.3 Å². The number of hydrogen-bond acceptors (Lipinski definition) is 5. The predicted molar refractivity (Wildman–Crippen MR) is 149 cm³/mol. The van der Waals surface area contributed by atoms with Gasteiger partial charge in [0.25, 0.3) is 5.91 Å². The second-order valence-electron chi connectivity index (χ2n) is 10.2. The Morgan fingerprint density at radius 2 is 1.73 bits per heavy atom. The van der Waals surface area contributed by atoms with E-state index in [0.29, 0.717) is 10.7 Å². The Hall–Kier alpha value is -3.66. The van der Waals surface area contributed by atoms with Crippen LogP contribution in [0.4, 0.5) is 19.0 Å². The Morgan fingerprint density at radius 1 is 1.05 bits per heavy atom. The SMILES string of the molecule is CC[C@@H](C)c1nc(NC2CCC(NC(=O)c3ccc(C(F)(F)F)cc3)CC2)c2cnn(-c3ccccc3Cl)c2n1. The molecule has 0 spiro atoms. The number of halogens is 4. The molecule has 1 amide bonds. The summed E-state index contributed by atoms with van der Waals surface area (Å²) >= 11 is 6.46. The molecular weight excluding hydrogens is 541 g/mol. The molecule has 40 heavy (non-hydrogen) atoms. The molecule has 1 saturated carbocycles. The molecular formula is C29H30ClF3N6O. The fourth-order valence-corrected chi connectivity index (χ4v) is 5.11. The van der Waals surface area contributed by atoms with Crippen molar-refractivity contribution in [3.05, 3.63) is 76.7 Å². The average molecular weight is 571 g/mol. The summed E-state index contributed by atoms with van der Waals surface area (Å²) in [5, 5.41) is 12.5. The Morgan fingerprint density at radius 3 is 2.38 bits per heavy atom. The number of hydrogen-bond donors (Lipinski definition) is 2. The topological polar surface area (TPSA) is 84.7 Å². The summed E-state index contributed by atoms with van der Waals surface area (Å²) in [7, 11) is 0. The van der Waals surface area contributed by atoms with Crippen LogP contribution >= 0.6 is 11.6 Å². The second kappa shape index (κ2) is 11.4. The van der Waals surface area contributed by atoms with Crippen molar-refractivity contribution < 1.29 is 18.0 Å². The molecule has 0 saturated heterocycles. The number of carbonyl (C=O) groups is 1. The van der Waals surface area contributed by atoms with E-state index in [1.165, 1.54) is 12.1 Å². The number of carbonyl (C=O) groups excluding carboxylic acids is 1. The zero-order valence-corrected chi connectivity index (χ0v) is 22.9. The van der Waals surface area contributed by atoms with Crippen LogP contribution in [0.15, 0.2) is 54.7 Å². The Labute approximate surface area is 235 Å². The van der Waals surface area contributed by atoms with Gasteiger partial charge in [0.2, 0.25) is 0 Å². The summed E-state index contributed by atoms with van der Waals surface area (Å²) in [6.07, 6.45) is 1.25. The molecule has 7 nitrogen and oxygen atoms in total. The first-order valence-corrected chi connectivity index (χ1v) is 13.8. The van der Waals surface area contributed by atoms with Gasteiger partial charge in [0.05, 0.1) is 27.9 Å². The summed E-state index contributed by atoms with van der Waals surface area (Å²) in [5.41, 5.74) is 0.856. The molecule has 2 aromatic carbocycles. The molecule has 0 unspecified atom stereocenters. The number of anilines is 1. The number of alkyl halides is 3. The summed E-state index contributed by atoms with van der Waals surface area (Å²) in [5.74, 6) is 1.23. The largest absolute Gasteiger partial charge is 0.416 e. The Bertz CT molecular complexity index is 1500. The Balaban J connectivity index is 1.29. The maximum atomic E-state index is 12.8. The standard InChI is InChI=1S/C29H30ClF3N6O/c1-3-17(2)25-37-26(22-16-34-39(27(22)38-25)24-7-5-4-6-23(24)30)35-20-12-14-21(15-13-20)36-28(40)18-8-10-19(11-9-18)29(31,32)33/h4-11,16-17,20-21H,3,12-15H2,1-2H3,(H,36,40)(H,35,37,38)/t17-,20?,21?/m1/s1. The molecule has 1 aliphatic rings. The van der Waals surface area contributed by atoms with E-state index in [9.17, 15) is 18.0 Å². The highest BCUT2D eigenvalue weighted by atomic mass is 35.5. The van der Waals surface area contributed by atoms with Crippen molar-refractivity contribution in [3.8, 4) is 5.69 Å². The van der Waals surface area contributed by atoms with Crippen LogP contribution in [0.1, 0.15) is 73.6 Å². The highest BCUT2D eigenvalue weighted by molar-refractivity contribution is 6.32. The number of aromatic nitrogens is 4. The van der Waals surface area contributed by atoms with Gasteiger partial charge in [0.15, 0.2) is 5.65 Å². The summed E-state index contributed by atoms with van der Waals surface area (Å²) in [6.45, 7) is 4.18. The van der Waals surface area contributed by atoms with E-state index < -0.39 is 11.7 Å². The highest BCUT2D eigenvalue weighted by Gasteiger charge is 2.30. The van der Waals surface area contributed by atoms with Crippen LogP contribution in [-0.2, 0) is 6.18 Å². The van der Waals surface area contributed by atoms with Crippen LogP contribution in [0.2, 0.25) is 5.02 Å². The van der Waals surface area contributed by atoms with Gasteiger partial charge in [0, 0.05) is 23.6 Å². The lowest BCUT2D eigenvalue weighted by molar-refractivity contribution is -0.137. The van der Waals surface area contributed by atoms with E-state index in [2.05, 4.69) is 29.6 Å². The number of para-hydroxylation sites is 1. The van der Waals surface area contributed by atoms with Crippen LogP contribution in [0.25, 0.3) is 16.7 Å². The molecule has 2 N–H and O–H groups in total. The van der Waals surface area contributed by atoms with E-state index >= 15 is 0 Å². The van der Waals surface area contributed by atoms with Gasteiger partial charge in [-0.05, 0) is 68.5 Å². The third kappa shape index (κ3) is 5.91. The predicted octanol–water partition coefficient (Wildman–Crippen LogP) is 7.15. The molecule has 1 aliphatic carbocycles. The molecule has 2 aromatic heterocycles. The van der Waals surface area contributed by atoms with Crippen molar-refractivity contribution in [2.24, 2.45) is 0 Å². The average Bonchev–Trinajstić information content (AvgIpc) is 3.37. The van der Waals surface area contributed by atoms with Crippen molar-refractivity contribution in [1.82, 2.24) is 25.1 Å². The molecule has 11 heteroatoms. The van der Waals surface area contributed by atoms with Crippen molar-refractivity contribution in [3.63, 3.8) is 0 Å². The zero-order valence-electron chi connectivity index (χ0n) is 22.2. The number of nitrogens with one attached hydrogen (secondary N) is 2. The minimum atomic E-state index is -4.43. The van der Waals surface area contributed by atoms with Gasteiger partial charge in [-0.15, -0.1) is 0 Å². The van der Waals surface area contributed by atoms with Gasteiger partial charge in [-0.3, -0.25) is 4.79 Å². The van der Waals surface area contributed by atoms with Crippen LogP contribution in [0.3, 0.4) is 0 Å². The molecule has 1 atom stereocenters. The second-order valence-corrected chi connectivity index (χ2v) is 10.6. The van der Waals surface area contributed by atoms with Gasteiger partial charge < -0.3 is 10.6 Å². The molecule has 4 aromatic rings. The molecule has 0 radical (unpaired) electrons. The molecule has 5 rings (SSSR count). The maximum absolute atomic E-state index is 12.8. The van der Waals surface area contributed by atoms with E-state index in [0.717, 1.165) is 67.0 Å². The summed E-state index contributed by atoms with van der Waals surface area (Å²) in [6, 6.07) is 11.8. The van der Waals surface area contributed by atoms with Gasteiger partial charge in [0.1, 0.15) is 11.6 Å². The van der Waals surface area contributed by atoms with E-state index in [-0.39, 0.29) is 29.5 Å². The lowest BCUT2D eigenvalue weighted by Crippen LogP contribution is -2.40. The minimum absolute atomic E-state index is 0.0584. The van der Waals surface area contributed by atoms with Gasteiger partial charge >= 0.3 is 6.18 Å². The number of fused-ring (bicyclic) bond motifs is 1. The molecule has 1 fully saturated rings. The van der Waals surface area contributed by atoms with Gasteiger partial charge in [-0.25, -0.2) is 14.6 Å². The quantitative estimate of drug-likeness (QED) is 0.246. The number of nitrogens with zero attached hydrogens (tertiary/aromatic N) is 4. The van der Waals surface area contributed by atoms with Crippen molar-refractivity contribution in [1.29, 1.82) is 0 Å². The maximum Gasteiger partial charge on any atom is 0.416 e. The van der Waals surface area contributed by atoms with Crippen LogP contribution in [0, 0.1) is 0 Å². The molecule has 2 heterocycles.